The van der Waals surface area contributed by atoms with Gasteiger partial charge in [0.1, 0.15) is 6.54 Å². The highest BCUT2D eigenvalue weighted by Gasteiger charge is 2.07. The van der Waals surface area contributed by atoms with E-state index in [1.807, 2.05) is 0 Å². The molecule has 8 heteroatoms. The zero-order chi connectivity index (χ0) is 15.3. The van der Waals surface area contributed by atoms with Gasteiger partial charge in [-0.3, -0.25) is 9.48 Å². The number of aromatic nitrogens is 2. The lowest BCUT2D eigenvalue weighted by Gasteiger charge is -2.06. The fraction of sp³-hybridized carbons (Fsp3) is 0.231. The highest BCUT2D eigenvalue weighted by atomic mass is 32.2. The third-order valence-electron chi connectivity index (χ3n) is 2.85. The molecule has 1 aromatic carbocycles. The maximum absolute atomic E-state index is 11.6. The second-order valence-electron chi connectivity index (χ2n) is 4.49. The number of hydrogen-bond donors (Lipinski definition) is 2. The summed E-state index contributed by atoms with van der Waals surface area (Å²) in [6.45, 7) is 0.645. The van der Waals surface area contributed by atoms with E-state index in [-0.39, 0.29) is 17.3 Å². The van der Waals surface area contributed by atoms with E-state index < -0.39 is 10.0 Å². The van der Waals surface area contributed by atoms with Gasteiger partial charge in [-0.25, -0.2) is 13.6 Å². The van der Waals surface area contributed by atoms with Crippen LogP contribution in [0.2, 0.25) is 0 Å². The largest absolute Gasteiger partial charge is 0.354 e. The van der Waals surface area contributed by atoms with E-state index in [1.54, 1.807) is 30.6 Å². The quantitative estimate of drug-likeness (QED) is 0.776. The molecule has 1 amide bonds. The molecule has 3 N–H and O–H groups in total. The number of primary sulfonamides is 1. The zero-order valence-electron chi connectivity index (χ0n) is 11.3. The van der Waals surface area contributed by atoms with E-state index in [1.165, 1.54) is 16.8 Å². The summed E-state index contributed by atoms with van der Waals surface area (Å²) in [7, 11) is -3.66. The molecule has 7 nitrogen and oxygen atoms in total. The Labute approximate surface area is 122 Å². The van der Waals surface area contributed by atoms with Crippen molar-refractivity contribution in [1.29, 1.82) is 0 Å². The number of nitrogens with two attached hydrogens (primary N) is 1. The first-order valence-corrected chi connectivity index (χ1v) is 7.85. The number of nitrogens with zero attached hydrogens (tertiary/aromatic N) is 2. The summed E-state index contributed by atoms with van der Waals surface area (Å²) in [6.07, 6.45) is 3.93. The number of carbonyl (C=O) groups is 1. The molecule has 1 heterocycles. The molecule has 0 aliphatic rings. The third-order valence-corrected chi connectivity index (χ3v) is 3.78. The normalized spacial score (nSPS) is 11.3. The van der Waals surface area contributed by atoms with Crippen LogP contribution in [-0.2, 0) is 27.8 Å². The van der Waals surface area contributed by atoms with E-state index in [4.69, 9.17) is 5.14 Å². The minimum atomic E-state index is -3.66. The Balaban J connectivity index is 1.79. The van der Waals surface area contributed by atoms with Gasteiger partial charge in [-0.15, -0.1) is 0 Å². The highest BCUT2D eigenvalue weighted by molar-refractivity contribution is 7.89. The summed E-state index contributed by atoms with van der Waals surface area (Å²) in [5.41, 5.74) is 0.918. The van der Waals surface area contributed by atoms with Crippen LogP contribution in [0.4, 0.5) is 0 Å². The Morgan fingerprint density at radius 1 is 1.29 bits per heavy atom. The molecule has 1 aromatic heterocycles. The van der Waals surface area contributed by atoms with Crippen LogP contribution < -0.4 is 10.5 Å². The van der Waals surface area contributed by atoms with Gasteiger partial charge in [0, 0.05) is 18.9 Å². The van der Waals surface area contributed by atoms with Crippen LogP contribution in [0.3, 0.4) is 0 Å². The van der Waals surface area contributed by atoms with Crippen LogP contribution in [-0.4, -0.2) is 30.7 Å². The minimum absolute atomic E-state index is 0.0777. The molecule has 0 spiro atoms. The van der Waals surface area contributed by atoms with Crippen LogP contribution in [0.15, 0.2) is 47.6 Å². The Bertz CT molecular complexity index is 694. The first-order chi connectivity index (χ1) is 9.95. The lowest BCUT2D eigenvalue weighted by atomic mass is 10.1. The standard InChI is InChI=1S/C13H16N4O3S/c14-21(19,20)12-4-2-11(3-5-12)6-8-15-13(18)10-17-9-1-7-16-17/h1-5,7,9H,6,8,10H2,(H,15,18)(H2,14,19,20). The van der Waals surface area contributed by atoms with Gasteiger partial charge in [-0.05, 0) is 30.2 Å². The van der Waals surface area contributed by atoms with Crippen molar-refractivity contribution < 1.29 is 13.2 Å². The summed E-state index contributed by atoms with van der Waals surface area (Å²) < 4.78 is 23.8. The number of benzene rings is 1. The van der Waals surface area contributed by atoms with Gasteiger partial charge in [0.15, 0.2) is 0 Å². The Hall–Kier alpha value is -2.19. The summed E-state index contributed by atoms with van der Waals surface area (Å²) in [4.78, 5) is 11.7. The number of rotatable bonds is 6. The van der Waals surface area contributed by atoms with Crippen molar-refractivity contribution in [1.82, 2.24) is 15.1 Å². The smallest absolute Gasteiger partial charge is 0.241 e. The molecule has 0 bridgehead atoms. The molecule has 0 atom stereocenters. The predicted octanol–water partition coefficient (Wildman–Crippen LogP) is -0.111. The Morgan fingerprint density at radius 3 is 2.57 bits per heavy atom. The van der Waals surface area contributed by atoms with Crippen LogP contribution in [0.1, 0.15) is 5.56 Å². The van der Waals surface area contributed by atoms with Gasteiger partial charge in [-0.1, -0.05) is 12.1 Å². The highest BCUT2D eigenvalue weighted by Crippen LogP contribution is 2.08. The van der Waals surface area contributed by atoms with Crippen molar-refractivity contribution in [3.8, 4) is 0 Å². The van der Waals surface area contributed by atoms with Crippen molar-refractivity contribution in [2.45, 2.75) is 17.9 Å². The maximum Gasteiger partial charge on any atom is 0.241 e. The van der Waals surface area contributed by atoms with Gasteiger partial charge in [0.2, 0.25) is 15.9 Å². The average Bonchev–Trinajstić information content (AvgIpc) is 2.91. The molecule has 0 saturated heterocycles. The monoisotopic (exact) mass is 308 g/mol. The fourth-order valence-corrected chi connectivity index (χ4v) is 2.30. The molecule has 0 aliphatic heterocycles. The van der Waals surface area contributed by atoms with Crippen molar-refractivity contribution >= 4 is 15.9 Å². The molecular weight excluding hydrogens is 292 g/mol. The molecule has 0 aliphatic carbocycles. The first-order valence-electron chi connectivity index (χ1n) is 6.31. The Kier molecular flexibility index (Phi) is 4.71. The van der Waals surface area contributed by atoms with Gasteiger partial charge >= 0.3 is 0 Å². The van der Waals surface area contributed by atoms with Crippen molar-refractivity contribution in [2.24, 2.45) is 5.14 Å². The van der Waals surface area contributed by atoms with Crippen molar-refractivity contribution in [2.75, 3.05) is 6.54 Å². The van der Waals surface area contributed by atoms with Gasteiger partial charge < -0.3 is 5.32 Å². The molecule has 0 saturated carbocycles. The molecule has 0 fully saturated rings. The predicted molar refractivity (Wildman–Crippen MR) is 76.8 cm³/mol. The molecule has 112 valence electrons. The molecular formula is C13H16N4O3S. The molecule has 21 heavy (non-hydrogen) atoms. The lowest BCUT2D eigenvalue weighted by molar-refractivity contribution is -0.121. The van der Waals surface area contributed by atoms with E-state index in [9.17, 15) is 13.2 Å². The molecule has 2 rings (SSSR count). The summed E-state index contributed by atoms with van der Waals surface area (Å²) >= 11 is 0. The number of sulfonamides is 1. The van der Waals surface area contributed by atoms with Crippen molar-refractivity contribution in [3.63, 3.8) is 0 Å². The third kappa shape index (κ3) is 4.69. The summed E-state index contributed by atoms with van der Waals surface area (Å²) in [6, 6.07) is 8.02. The van der Waals surface area contributed by atoms with Crippen LogP contribution in [0.5, 0.6) is 0 Å². The first kappa shape index (κ1) is 15.2. The Morgan fingerprint density at radius 2 is 2.00 bits per heavy atom. The van der Waals surface area contributed by atoms with Gasteiger partial charge in [-0.2, -0.15) is 5.10 Å². The lowest BCUT2D eigenvalue weighted by Crippen LogP contribution is -2.29. The second-order valence-corrected chi connectivity index (χ2v) is 6.05. The van der Waals surface area contributed by atoms with Gasteiger partial charge in [0.05, 0.1) is 4.90 Å². The van der Waals surface area contributed by atoms with Crippen LogP contribution in [0.25, 0.3) is 0 Å². The number of amides is 1. The molecule has 0 unspecified atom stereocenters. The van der Waals surface area contributed by atoms with E-state index in [2.05, 4.69) is 10.4 Å². The summed E-state index contributed by atoms with van der Waals surface area (Å²) in [5, 5.41) is 11.7. The number of carbonyl (C=O) groups excluding carboxylic acids is 1. The van der Waals surface area contributed by atoms with Crippen LogP contribution in [0, 0.1) is 0 Å². The number of hydrogen-bond acceptors (Lipinski definition) is 4. The minimum Gasteiger partial charge on any atom is -0.354 e. The van der Waals surface area contributed by atoms with Crippen LogP contribution >= 0.6 is 0 Å². The topological polar surface area (TPSA) is 107 Å². The molecule has 0 radical (unpaired) electrons. The number of nitrogens with one attached hydrogen (secondary N) is 1. The maximum atomic E-state index is 11.6. The van der Waals surface area contributed by atoms with E-state index in [0.717, 1.165) is 5.56 Å². The SMILES string of the molecule is NS(=O)(=O)c1ccc(CCNC(=O)Cn2cccn2)cc1. The summed E-state index contributed by atoms with van der Waals surface area (Å²) in [5.74, 6) is -0.125. The average molecular weight is 308 g/mol. The second kappa shape index (κ2) is 6.51. The van der Waals surface area contributed by atoms with Crippen molar-refractivity contribution in [3.05, 3.63) is 48.3 Å². The molecule has 2 aromatic rings. The van der Waals surface area contributed by atoms with Gasteiger partial charge in [0.25, 0.3) is 0 Å². The van der Waals surface area contributed by atoms with E-state index >= 15 is 0 Å². The fourth-order valence-electron chi connectivity index (χ4n) is 1.79. The van der Waals surface area contributed by atoms with E-state index in [0.29, 0.717) is 13.0 Å². The zero-order valence-corrected chi connectivity index (χ0v) is 12.1.